The number of rotatable bonds is 9. The SMILES string of the molecule is CN=C(NCCSc1ccccc1)NCC1CC(=O)N(CCc2ccccc2)C1. The summed E-state index contributed by atoms with van der Waals surface area (Å²) >= 11 is 1.82. The predicted molar refractivity (Wildman–Crippen MR) is 121 cm³/mol. The van der Waals surface area contributed by atoms with Crippen molar-refractivity contribution in [3.05, 3.63) is 66.2 Å². The summed E-state index contributed by atoms with van der Waals surface area (Å²) in [7, 11) is 1.78. The van der Waals surface area contributed by atoms with Crippen molar-refractivity contribution in [2.24, 2.45) is 10.9 Å². The maximum absolute atomic E-state index is 12.3. The molecule has 1 saturated heterocycles. The molecular formula is C23H30N4OS. The van der Waals surface area contributed by atoms with Crippen molar-refractivity contribution in [1.29, 1.82) is 0 Å². The van der Waals surface area contributed by atoms with Gasteiger partial charge in [0, 0.05) is 56.2 Å². The van der Waals surface area contributed by atoms with Gasteiger partial charge in [0.1, 0.15) is 0 Å². The molecule has 2 aromatic rings. The molecule has 0 bridgehead atoms. The number of carbonyl (C=O) groups excluding carboxylic acids is 1. The lowest BCUT2D eigenvalue weighted by atomic mass is 10.1. The molecule has 1 atom stereocenters. The van der Waals surface area contributed by atoms with Gasteiger partial charge in [0.05, 0.1) is 0 Å². The van der Waals surface area contributed by atoms with E-state index in [0.29, 0.717) is 12.3 Å². The maximum Gasteiger partial charge on any atom is 0.223 e. The van der Waals surface area contributed by atoms with E-state index in [4.69, 9.17) is 0 Å². The molecule has 3 rings (SSSR count). The third-order valence-electron chi connectivity index (χ3n) is 5.00. The van der Waals surface area contributed by atoms with Gasteiger partial charge in [0.25, 0.3) is 0 Å². The fraction of sp³-hybridized carbons (Fsp3) is 0.391. The molecule has 1 fully saturated rings. The highest BCUT2D eigenvalue weighted by Gasteiger charge is 2.29. The van der Waals surface area contributed by atoms with Crippen molar-refractivity contribution in [1.82, 2.24) is 15.5 Å². The van der Waals surface area contributed by atoms with Crippen LogP contribution in [0.1, 0.15) is 12.0 Å². The summed E-state index contributed by atoms with van der Waals surface area (Å²) in [5.41, 5.74) is 1.28. The molecule has 1 aliphatic heterocycles. The second-order valence-corrected chi connectivity index (χ2v) is 8.36. The summed E-state index contributed by atoms with van der Waals surface area (Å²) in [5.74, 6) is 2.36. The van der Waals surface area contributed by atoms with Gasteiger partial charge in [-0.15, -0.1) is 11.8 Å². The van der Waals surface area contributed by atoms with Crippen molar-refractivity contribution in [3.63, 3.8) is 0 Å². The Morgan fingerprint density at radius 1 is 1.10 bits per heavy atom. The van der Waals surface area contributed by atoms with Crippen molar-refractivity contribution >= 4 is 23.6 Å². The van der Waals surface area contributed by atoms with Crippen LogP contribution >= 0.6 is 11.8 Å². The quantitative estimate of drug-likeness (QED) is 0.289. The molecule has 2 N–H and O–H groups in total. The van der Waals surface area contributed by atoms with Crippen LogP contribution in [0.5, 0.6) is 0 Å². The molecule has 2 aromatic carbocycles. The number of hydrogen-bond acceptors (Lipinski definition) is 3. The van der Waals surface area contributed by atoms with E-state index in [1.54, 1.807) is 7.05 Å². The minimum Gasteiger partial charge on any atom is -0.356 e. The van der Waals surface area contributed by atoms with Gasteiger partial charge in [-0.25, -0.2) is 0 Å². The molecular weight excluding hydrogens is 380 g/mol. The summed E-state index contributed by atoms with van der Waals surface area (Å²) in [4.78, 5) is 19.9. The molecule has 154 valence electrons. The molecule has 5 nitrogen and oxygen atoms in total. The first-order chi connectivity index (χ1) is 14.2. The maximum atomic E-state index is 12.3. The van der Waals surface area contributed by atoms with Gasteiger partial charge in [-0.2, -0.15) is 0 Å². The summed E-state index contributed by atoms with van der Waals surface area (Å²) < 4.78 is 0. The second-order valence-electron chi connectivity index (χ2n) is 7.19. The molecule has 0 radical (unpaired) electrons. The van der Waals surface area contributed by atoms with Crippen LogP contribution in [0.25, 0.3) is 0 Å². The first-order valence-corrected chi connectivity index (χ1v) is 11.2. The molecule has 1 amide bonds. The van der Waals surface area contributed by atoms with E-state index in [2.05, 4.69) is 52.0 Å². The largest absolute Gasteiger partial charge is 0.356 e. The molecule has 1 unspecified atom stereocenters. The first-order valence-electron chi connectivity index (χ1n) is 10.2. The standard InChI is InChI=1S/C23H30N4OS/c1-24-23(25-13-15-29-21-10-6-3-7-11-21)26-17-20-16-22(28)27(18-20)14-12-19-8-4-2-5-9-19/h2-11,20H,12-18H2,1H3,(H2,24,25,26). The Hall–Kier alpha value is -2.47. The van der Waals surface area contributed by atoms with E-state index >= 15 is 0 Å². The fourth-order valence-electron chi connectivity index (χ4n) is 3.43. The van der Waals surface area contributed by atoms with Crippen molar-refractivity contribution in [2.75, 3.05) is 39.0 Å². The Morgan fingerprint density at radius 3 is 2.55 bits per heavy atom. The van der Waals surface area contributed by atoms with Gasteiger partial charge >= 0.3 is 0 Å². The van der Waals surface area contributed by atoms with E-state index in [1.165, 1.54) is 10.5 Å². The van der Waals surface area contributed by atoms with Gasteiger partial charge < -0.3 is 15.5 Å². The molecule has 6 heteroatoms. The lowest BCUT2D eigenvalue weighted by molar-refractivity contribution is -0.127. The summed E-state index contributed by atoms with van der Waals surface area (Å²) in [5, 5.41) is 6.73. The Morgan fingerprint density at radius 2 is 1.83 bits per heavy atom. The van der Waals surface area contributed by atoms with Gasteiger partial charge in [-0.3, -0.25) is 9.79 Å². The third-order valence-corrected chi connectivity index (χ3v) is 6.01. The Labute approximate surface area is 178 Å². The van der Waals surface area contributed by atoms with Crippen LogP contribution in [0.4, 0.5) is 0 Å². The van der Waals surface area contributed by atoms with Crippen LogP contribution in [0.2, 0.25) is 0 Å². The van der Waals surface area contributed by atoms with Crippen molar-refractivity contribution < 1.29 is 4.79 Å². The normalized spacial score (nSPS) is 16.9. The van der Waals surface area contributed by atoms with E-state index < -0.39 is 0 Å². The highest BCUT2D eigenvalue weighted by molar-refractivity contribution is 7.99. The van der Waals surface area contributed by atoms with Crippen LogP contribution in [-0.2, 0) is 11.2 Å². The van der Waals surface area contributed by atoms with E-state index in [1.807, 2.05) is 40.9 Å². The van der Waals surface area contributed by atoms with Crippen LogP contribution in [0.3, 0.4) is 0 Å². The molecule has 29 heavy (non-hydrogen) atoms. The summed E-state index contributed by atoms with van der Waals surface area (Å²) in [6, 6.07) is 20.7. The van der Waals surface area contributed by atoms with Gasteiger partial charge in [-0.1, -0.05) is 48.5 Å². The highest BCUT2D eigenvalue weighted by Crippen LogP contribution is 2.18. The molecule has 1 heterocycles. The van der Waals surface area contributed by atoms with Crippen LogP contribution in [0.15, 0.2) is 70.6 Å². The zero-order valence-electron chi connectivity index (χ0n) is 17.0. The van der Waals surface area contributed by atoms with Gasteiger partial charge in [0.2, 0.25) is 5.91 Å². The van der Waals surface area contributed by atoms with Gasteiger partial charge in [0.15, 0.2) is 5.96 Å². The minimum atomic E-state index is 0.259. The molecule has 0 spiro atoms. The third kappa shape index (κ3) is 7.13. The molecule has 0 aliphatic carbocycles. The van der Waals surface area contributed by atoms with Crippen LogP contribution < -0.4 is 10.6 Å². The lowest BCUT2D eigenvalue weighted by Crippen LogP contribution is -2.41. The van der Waals surface area contributed by atoms with E-state index in [0.717, 1.165) is 44.3 Å². The van der Waals surface area contributed by atoms with Crippen molar-refractivity contribution in [3.8, 4) is 0 Å². The Kier molecular flexibility index (Phi) is 8.43. The highest BCUT2D eigenvalue weighted by atomic mass is 32.2. The number of nitrogens with one attached hydrogen (secondary N) is 2. The average molecular weight is 411 g/mol. The Bertz CT molecular complexity index is 782. The van der Waals surface area contributed by atoms with Gasteiger partial charge in [-0.05, 0) is 24.1 Å². The van der Waals surface area contributed by atoms with Crippen LogP contribution in [-0.4, -0.2) is 55.7 Å². The van der Waals surface area contributed by atoms with Crippen molar-refractivity contribution in [2.45, 2.75) is 17.7 Å². The number of amides is 1. The number of likely N-dealkylation sites (tertiary alicyclic amines) is 1. The summed E-state index contributed by atoms with van der Waals surface area (Å²) in [6.45, 7) is 3.22. The molecule has 1 aliphatic rings. The smallest absolute Gasteiger partial charge is 0.223 e. The fourth-order valence-corrected chi connectivity index (χ4v) is 4.22. The zero-order valence-corrected chi connectivity index (χ0v) is 17.8. The summed E-state index contributed by atoms with van der Waals surface area (Å²) in [6.07, 6.45) is 1.53. The molecule has 0 saturated carbocycles. The minimum absolute atomic E-state index is 0.259. The van der Waals surface area contributed by atoms with E-state index in [9.17, 15) is 4.79 Å². The monoisotopic (exact) mass is 410 g/mol. The topological polar surface area (TPSA) is 56.7 Å². The number of hydrogen-bond donors (Lipinski definition) is 2. The Balaban J connectivity index is 1.33. The van der Waals surface area contributed by atoms with Crippen LogP contribution in [0, 0.1) is 5.92 Å². The first kappa shape index (κ1) is 21.2. The zero-order chi connectivity index (χ0) is 20.3. The number of thioether (sulfide) groups is 1. The van der Waals surface area contributed by atoms with E-state index in [-0.39, 0.29) is 5.91 Å². The number of aliphatic imine (C=N–C) groups is 1. The number of guanidine groups is 1. The predicted octanol–water partition coefficient (Wildman–Crippen LogP) is 3.03. The lowest BCUT2D eigenvalue weighted by Gasteiger charge is -2.18. The number of carbonyl (C=O) groups is 1. The second kappa shape index (κ2) is 11.5. The average Bonchev–Trinajstić information content (AvgIpc) is 3.12. The number of benzene rings is 2. The molecule has 0 aromatic heterocycles. The number of nitrogens with zero attached hydrogens (tertiary/aromatic N) is 2.